The maximum atomic E-state index is 13.9. The predicted octanol–water partition coefficient (Wildman–Crippen LogP) is 3.28. The first kappa shape index (κ1) is 14.5. The fraction of sp³-hybridized carbons (Fsp3) is 0.0769. The van der Waals surface area contributed by atoms with Gasteiger partial charge in [-0.2, -0.15) is 10.1 Å². The van der Waals surface area contributed by atoms with E-state index in [1.165, 1.54) is 17.0 Å². The summed E-state index contributed by atoms with van der Waals surface area (Å²) in [6.45, 7) is 1.62. The molecule has 0 atom stereocenters. The van der Waals surface area contributed by atoms with E-state index < -0.39 is 16.4 Å². The van der Waals surface area contributed by atoms with Crippen LogP contribution in [0.2, 0.25) is 0 Å². The summed E-state index contributed by atoms with van der Waals surface area (Å²) in [5.41, 5.74) is 0.575. The molecule has 3 aromatic rings. The Morgan fingerprint density at radius 1 is 1.43 bits per heavy atom. The van der Waals surface area contributed by atoms with Gasteiger partial charge in [-0.15, -0.1) is 4.91 Å². The first-order chi connectivity index (χ1) is 11.0. The predicted molar refractivity (Wildman–Crippen MR) is 76.3 cm³/mol. The van der Waals surface area contributed by atoms with E-state index in [4.69, 9.17) is 4.74 Å². The SMILES string of the molecule is Cc1c(N=O)cn2ncnc(Oc3ccc([N+](=O)[O-])cc3F)c12. The largest absolute Gasteiger partial charge is 0.434 e. The second-order valence-electron chi connectivity index (χ2n) is 4.56. The fourth-order valence-electron chi connectivity index (χ4n) is 2.07. The van der Waals surface area contributed by atoms with Crippen molar-refractivity contribution in [1.82, 2.24) is 14.6 Å². The van der Waals surface area contributed by atoms with E-state index in [0.717, 1.165) is 18.2 Å². The number of benzene rings is 1. The van der Waals surface area contributed by atoms with Crippen molar-refractivity contribution in [2.24, 2.45) is 5.18 Å². The summed E-state index contributed by atoms with van der Waals surface area (Å²) in [6, 6.07) is 2.99. The van der Waals surface area contributed by atoms with Crippen molar-refractivity contribution in [3.63, 3.8) is 0 Å². The molecule has 0 saturated carbocycles. The highest BCUT2D eigenvalue weighted by Crippen LogP contribution is 2.33. The highest BCUT2D eigenvalue weighted by Gasteiger charge is 2.17. The second-order valence-corrected chi connectivity index (χ2v) is 4.56. The van der Waals surface area contributed by atoms with Crippen molar-refractivity contribution in [3.8, 4) is 11.6 Å². The van der Waals surface area contributed by atoms with Crippen LogP contribution < -0.4 is 4.74 Å². The number of aryl methyl sites for hydroxylation is 1. The molecule has 9 nitrogen and oxygen atoms in total. The number of nitroso groups, excluding NO2 is 1. The molecule has 0 bridgehead atoms. The first-order valence-corrected chi connectivity index (χ1v) is 6.29. The van der Waals surface area contributed by atoms with Crippen LogP contribution >= 0.6 is 0 Å². The van der Waals surface area contributed by atoms with Gasteiger partial charge in [0.05, 0.1) is 17.2 Å². The van der Waals surface area contributed by atoms with Crippen LogP contribution in [0.5, 0.6) is 11.6 Å². The van der Waals surface area contributed by atoms with Crippen LogP contribution in [0.25, 0.3) is 5.52 Å². The summed E-state index contributed by atoms with van der Waals surface area (Å²) in [7, 11) is 0. The molecule has 10 heteroatoms. The van der Waals surface area contributed by atoms with E-state index in [0.29, 0.717) is 11.1 Å². The number of non-ortho nitro benzene ring substituents is 1. The zero-order valence-corrected chi connectivity index (χ0v) is 11.6. The van der Waals surface area contributed by atoms with Gasteiger partial charge >= 0.3 is 0 Å². The molecule has 0 N–H and O–H groups in total. The molecule has 0 aliphatic rings. The van der Waals surface area contributed by atoms with Crippen LogP contribution in [0.3, 0.4) is 0 Å². The number of nitrogens with zero attached hydrogens (tertiary/aromatic N) is 5. The molecular weight excluding hydrogens is 309 g/mol. The quantitative estimate of drug-likeness (QED) is 0.414. The van der Waals surface area contributed by atoms with Gasteiger partial charge in [0.15, 0.2) is 11.6 Å². The Morgan fingerprint density at radius 3 is 2.87 bits per heavy atom. The molecule has 0 aliphatic heterocycles. The van der Waals surface area contributed by atoms with Crippen LogP contribution in [0, 0.1) is 27.8 Å². The van der Waals surface area contributed by atoms with E-state index in [9.17, 15) is 19.4 Å². The Labute approximate surface area is 127 Å². The lowest BCUT2D eigenvalue weighted by Crippen LogP contribution is -1.98. The maximum Gasteiger partial charge on any atom is 0.272 e. The average Bonchev–Trinajstić information content (AvgIpc) is 2.86. The third kappa shape index (κ3) is 2.46. The fourth-order valence-corrected chi connectivity index (χ4v) is 2.07. The molecule has 0 amide bonds. The molecule has 0 radical (unpaired) electrons. The van der Waals surface area contributed by atoms with Gasteiger partial charge in [-0.1, -0.05) is 0 Å². The van der Waals surface area contributed by atoms with E-state index in [2.05, 4.69) is 15.3 Å². The van der Waals surface area contributed by atoms with Crippen molar-refractivity contribution < 1.29 is 14.1 Å². The number of halogens is 1. The van der Waals surface area contributed by atoms with Gasteiger partial charge in [-0.25, -0.2) is 8.91 Å². The highest BCUT2D eigenvalue weighted by atomic mass is 19.1. The number of hydrogen-bond donors (Lipinski definition) is 0. The van der Waals surface area contributed by atoms with Gasteiger partial charge in [0, 0.05) is 11.6 Å². The van der Waals surface area contributed by atoms with Crippen LogP contribution in [0.15, 0.2) is 35.9 Å². The average molecular weight is 317 g/mol. The summed E-state index contributed by atoms with van der Waals surface area (Å²) < 4.78 is 20.6. The Hall–Kier alpha value is -3.43. The maximum absolute atomic E-state index is 13.9. The van der Waals surface area contributed by atoms with Gasteiger partial charge in [0.25, 0.3) is 5.69 Å². The molecule has 0 saturated heterocycles. The molecule has 1 aromatic carbocycles. The minimum Gasteiger partial charge on any atom is -0.434 e. The lowest BCUT2D eigenvalue weighted by molar-refractivity contribution is -0.385. The third-order valence-electron chi connectivity index (χ3n) is 3.20. The number of aromatic nitrogens is 3. The van der Waals surface area contributed by atoms with Gasteiger partial charge < -0.3 is 4.74 Å². The molecule has 2 heterocycles. The first-order valence-electron chi connectivity index (χ1n) is 6.29. The Morgan fingerprint density at radius 2 is 2.22 bits per heavy atom. The summed E-state index contributed by atoms with van der Waals surface area (Å²) >= 11 is 0. The Bertz CT molecular complexity index is 940. The number of nitro benzene ring substituents is 1. The standard InChI is InChI=1S/C13H8FN5O4/c1-7-10(17-20)5-18-12(7)13(15-6-16-18)23-11-3-2-8(19(21)22)4-9(11)14/h2-6H,1H3. The van der Waals surface area contributed by atoms with Crippen LogP contribution in [-0.4, -0.2) is 19.5 Å². The Kier molecular flexibility index (Phi) is 3.41. The zero-order chi connectivity index (χ0) is 16.6. The van der Waals surface area contributed by atoms with Crippen molar-refractivity contribution in [2.45, 2.75) is 6.92 Å². The molecule has 2 aromatic heterocycles. The van der Waals surface area contributed by atoms with Crippen LogP contribution in [0.1, 0.15) is 5.56 Å². The molecule has 0 unspecified atom stereocenters. The second kappa shape index (κ2) is 5.40. The number of hydrogen-bond acceptors (Lipinski definition) is 7. The summed E-state index contributed by atoms with van der Waals surface area (Å²) in [6.07, 6.45) is 2.55. The van der Waals surface area contributed by atoms with Crippen LogP contribution in [0.4, 0.5) is 15.8 Å². The summed E-state index contributed by atoms with van der Waals surface area (Å²) in [5, 5.41) is 17.4. The van der Waals surface area contributed by atoms with E-state index in [-0.39, 0.29) is 17.3 Å². The number of fused-ring (bicyclic) bond motifs is 1. The normalized spacial score (nSPS) is 10.7. The highest BCUT2D eigenvalue weighted by molar-refractivity contribution is 5.71. The molecule has 23 heavy (non-hydrogen) atoms. The van der Waals surface area contributed by atoms with Crippen molar-refractivity contribution in [2.75, 3.05) is 0 Å². The van der Waals surface area contributed by atoms with E-state index >= 15 is 0 Å². The van der Waals surface area contributed by atoms with Gasteiger partial charge in [0.2, 0.25) is 5.88 Å². The van der Waals surface area contributed by atoms with Crippen molar-refractivity contribution in [3.05, 3.63) is 57.1 Å². The van der Waals surface area contributed by atoms with Crippen LogP contribution in [-0.2, 0) is 0 Å². The third-order valence-corrected chi connectivity index (χ3v) is 3.20. The summed E-state index contributed by atoms with van der Waals surface area (Å²) in [4.78, 5) is 24.6. The molecule has 3 rings (SSSR count). The van der Waals surface area contributed by atoms with Gasteiger partial charge in [-0.05, 0) is 18.2 Å². The van der Waals surface area contributed by atoms with E-state index in [1.54, 1.807) is 6.92 Å². The number of nitro groups is 1. The van der Waals surface area contributed by atoms with E-state index in [1.807, 2.05) is 0 Å². The minimum atomic E-state index is -0.908. The number of ether oxygens (including phenoxy) is 1. The smallest absolute Gasteiger partial charge is 0.272 e. The minimum absolute atomic E-state index is 0.000142. The lowest BCUT2D eigenvalue weighted by Gasteiger charge is -2.07. The topological polar surface area (TPSA) is 112 Å². The Balaban J connectivity index is 2.07. The molecular formula is C13H8FN5O4. The molecule has 0 fully saturated rings. The number of rotatable bonds is 4. The van der Waals surface area contributed by atoms with Crippen molar-refractivity contribution in [1.29, 1.82) is 0 Å². The lowest BCUT2D eigenvalue weighted by atomic mass is 10.3. The molecule has 116 valence electrons. The zero-order valence-electron chi connectivity index (χ0n) is 11.6. The summed E-state index contributed by atoms with van der Waals surface area (Å²) in [5.74, 6) is -1.15. The van der Waals surface area contributed by atoms with Gasteiger partial charge in [-0.3, -0.25) is 10.1 Å². The van der Waals surface area contributed by atoms with Gasteiger partial charge in [0.1, 0.15) is 17.5 Å². The monoisotopic (exact) mass is 317 g/mol. The van der Waals surface area contributed by atoms with Crippen molar-refractivity contribution >= 4 is 16.9 Å². The molecule has 0 spiro atoms. The molecule has 0 aliphatic carbocycles.